The van der Waals surface area contributed by atoms with Crippen LogP contribution in [-0.4, -0.2) is 13.2 Å². The summed E-state index contributed by atoms with van der Waals surface area (Å²) in [5.74, 6) is -0.389. The highest BCUT2D eigenvalue weighted by molar-refractivity contribution is 6.30. The third-order valence-electron chi connectivity index (χ3n) is 1.82. The standard InChI is InChI=1S/C10H13ClFN3/c1-15(5-4-10(13)14)9-3-2-7(11)6-8(9)12/h2-6,10H,13-14H2,1H3/b5-4-. The van der Waals surface area contributed by atoms with Crippen LogP contribution in [0.25, 0.3) is 0 Å². The van der Waals surface area contributed by atoms with Crippen molar-refractivity contribution in [3.63, 3.8) is 0 Å². The zero-order chi connectivity index (χ0) is 11.4. The van der Waals surface area contributed by atoms with E-state index in [1.54, 1.807) is 36.4 Å². The first-order valence-corrected chi connectivity index (χ1v) is 4.76. The molecule has 0 radical (unpaired) electrons. The van der Waals surface area contributed by atoms with E-state index < -0.39 is 6.17 Å². The fourth-order valence-corrected chi connectivity index (χ4v) is 1.23. The maximum atomic E-state index is 13.4. The van der Waals surface area contributed by atoms with Crippen LogP contribution in [-0.2, 0) is 0 Å². The maximum Gasteiger partial charge on any atom is 0.148 e. The molecule has 0 bridgehead atoms. The molecular formula is C10H13ClFN3. The molecule has 0 aliphatic carbocycles. The Morgan fingerprint density at radius 2 is 2.13 bits per heavy atom. The first-order chi connectivity index (χ1) is 7.00. The van der Waals surface area contributed by atoms with Crippen molar-refractivity contribution in [1.29, 1.82) is 0 Å². The summed E-state index contributed by atoms with van der Waals surface area (Å²) in [5, 5.41) is 0.365. The second-order valence-electron chi connectivity index (χ2n) is 3.13. The quantitative estimate of drug-likeness (QED) is 0.776. The predicted molar refractivity (Wildman–Crippen MR) is 61.1 cm³/mol. The highest BCUT2D eigenvalue weighted by atomic mass is 35.5. The van der Waals surface area contributed by atoms with Crippen molar-refractivity contribution in [3.05, 3.63) is 41.3 Å². The average molecular weight is 230 g/mol. The zero-order valence-corrected chi connectivity index (χ0v) is 9.08. The third kappa shape index (κ3) is 3.51. The van der Waals surface area contributed by atoms with E-state index in [1.807, 2.05) is 0 Å². The Morgan fingerprint density at radius 1 is 1.47 bits per heavy atom. The van der Waals surface area contributed by atoms with Crippen LogP contribution < -0.4 is 16.4 Å². The summed E-state index contributed by atoms with van der Waals surface area (Å²) in [4.78, 5) is 1.58. The second kappa shape index (κ2) is 5.11. The van der Waals surface area contributed by atoms with Crippen molar-refractivity contribution >= 4 is 17.3 Å². The first kappa shape index (κ1) is 12.0. The van der Waals surface area contributed by atoms with E-state index in [-0.39, 0.29) is 5.82 Å². The number of halogens is 2. The van der Waals surface area contributed by atoms with E-state index in [4.69, 9.17) is 23.1 Å². The Labute approximate surface area is 93.1 Å². The van der Waals surface area contributed by atoms with Crippen molar-refractivity contribution in [2.24, 2.45) is 11.5 Å². The summed E-state index contributed by atoms with van der Waals surface area (Å²) >= 11 is 5.63. The van der Waals surface area contributed by atoms with Gasteiger partial charge in [0.25, 0.3) is 0 Å². The minimum absolute atomic E-state index is 0.365. The van der Waals surface area contributed by atoms with Crippen LogP contribution in [0.5, 0.6) is 0 Å². The van der Waals surface area contributed by atoms with E-state index in [1.165, 1.54) is 6.07 Å². The molecule has 0 heterocycles. The normalized spacial score (nSPS) is 11.3. The Bertz CT molecular complexity index is 366. The Morgan fingerprint density at radius 3 is 2.67 bits per heavy atom. The van der Waals surface area contributed by atoms with Gasteiger partial charge in [-0.05, 0) is 24.3 Å². The molecule has 4 N–H and O–H groups in total. The van der Waals surface area contributed by atoms with Crippen LogP contribution in [0.2, 0.25) is 5.02 Å². The van der Waals surface area contributed by atoms with Gasteiger partial charge in [0, 0.05) is 18.3 Å². The van der Waals surface area contributed by atoms with Crippen molar-refractivity contribution in [3.8, 4) is 0 Å². The monoisotopic (exact) mass is 229 g/mol. The smallest absolute Gasteiger partial charge is 0.148 e. The van der Waals surface area contributed by atoms with Crippen molar-refractivity contribution in [1.82, 2.24) is 0 Å². The van der Waals surface area contributed by atoms with Crippen LogP contribution in [0.4, 0.5) is 10.1 Å². The summed E-state index contributed by atoms with van der Waals surface area (Å²) in [5.41, 5.74) is 11.1. The predicted octanol–water partition coefficient (Wildman–Crippen LogP) is 1.67. The Balaban J connectivity index is 2.86. The van der Waals surface area contributed by atoms with Crippen molar-refractivity contribution < 1.29 is 4.39 Å². The molecule has 0 atom stereocenters. The lowest BCUT2D eigenvalue weighted by molar-refractivity contribution is 0.627. The summed E-state index contributed by atoms with van der Waals surface area (Å²) in [7, 11) is 1.70. The molecule has 0 aromatic heterocycles. The summed E-state index contributed by atoms with van der Waals surface area (Å²) in [6.07, 6.45) is 2.62. The first-order valence-electron chi connectivity index (χ1n) is 4.38. The van der Waals surface area contributed by atoms with Crippen LogP contribution in [0.1, 0.15) is 0 Å². The van der Waals surface area contributed by atoms with Gasteiger partial charge in [-0.3, -0.25) is 0 Å². The van der Waals surface area contributed by atoms with Gasteiger partial charge in [-0.2, -0.15) is 0 Å². The number of nitrogens with zero attached hydrogens (tertiary/aromatic N) is 1. The zero-order valence-electron chi connectivity index (χ0n) is 8.32. The highest BCUT2D eigenvalue weighted by Crippen LogP contribution is 2.21. The van der Waals surface area contributed by atoms with Gasteiger partial charge in [-0.25, -0.2) is 4.39 Å². The van der Waals surface area contributed by atoms with Crippen molar-refractivity contribution in [2.75, 3.05) is 11.9 Å². The maximum absolute atomic E-state index is 13.4. The van der Waals surface area contributed by atoms with Gasteiger partial charge in [-0.1, -0.05) is 11.6 Å². The highest BCUT2D eigenvalue weighted by Gasteiger charge is 2.05. The number of anilines is 1. The molecule has 0 amide bonds. The molecule has 1 aromatic rings. The molecule has 15 heavy (non-hydrogen) atoms. The number of nitrogens with two attached hydrogens (primary N) is 2. The van der Waals surface area contributed by atoms with Crippen LogP contribution in [0.3, 0.4) is 0 Å². The van der Waals surface area contributed by atoms with Crippen LogP contribution in [0, 0.1) is 5.82 Å². The fraction of sp³-hybridized carbons (Fsp3) is 0.200. The molecule has 0 fully saturated rings. The van der Waals surface area contributed by atoms with Gasteiger partial charge >= 0.3 is 0 Å². The van der Waals surface area contributed by atoms with Crippen LogP contribution in [0.15, 0.2) is 30.5 Å². The van der Waals surface area contributed by atoms with E-state index >= 15 is 0 Å². The van der Waals surface area contributed by atoms with E-state index in [0.29, 0.717) is 10.7 Å². The molecule has 3 nitrogen and oxygen atoms in total. The lowest BCUT2D eigenvalue weighted by Crippen LogP contribution is -2.28. The Kier molecular flexibility index (Phi) is 4.08. The second-order valence-corrected chi connectivity index (χ2v) is 3.56. The third-order valence-corrected chi connectivity index (χ3v) is 2.06. The molecule has 0 saturated heterocycles. The van der Waals surface area contributed by atoms with Crippen LogP contribution >= 0.6 is 11.6 Å². The van der Waals surface area contributed by atoms with Gasteiger partial charge in [0.1, 0.15) is 5.82 Å². The topological polar surface area (TPSA) is 55.3 Å². The molecule has 1 rings (SSSR count). The van der Waals surface area contributed by atoms with Gasteiger partial charge in [0.05, 0.1) is 11.9 Å². The van der Waals surface area contributed by atoms with Gasteiger partial charge < -0.3 is 16.4 Å². The minimum Gasteiger partial charge on any atom is -0.349 e. The number of hydrogen-bond acceptors (Lipinski definition) is 3. The summed E-state index contributed by atoms with van der Waals surface area (Å²) in [6, 6.07) is 4.46. The van der Waals surface area contributed by atoms with Crippen molar-refractivity contribution in [2.45, 2.75) is 6.17 Å². The molecule has 0 unspecified atom stereocenters. The molecule has 1 aromatic carbocycles. The average Bonchev–Trinajstić information content (AvgIpc) is 2.14. The van der Waals surface area contributed by atoms with E-state index in [9.17, 15) is 4.39 Å². The number of benzene rings is 1. The molecule has 5 heteroatoms. The van der Waals surface area contributed by atoms with Gasteiger partial charge in [-0.15, -0.1) is 0 Å². The van der Waals surface area contributed by atoms with E-state index in [2.05, 4.69) is 0 Å². The summed E-state index contributed by atoms with van der Waals surface area (Å²) in [6.45, 7) is 0. The number of rotatable bonds is 3. The SMILES string of the molecule is CN(/C=C\C(N)N)c1ccc(Cl)cc1F. The minimum atomic E-state index is -0.553. The molecule has 82 valence electrons. The molecule has 0 aliphatic rings. The number of hydrogen-bond donors (Lipinski definition) is 2. The molecule has 0 spiro atoms. The Hall–Kier alpha value is -1.10. The lowest BCUT2D eigenvalue weighted by atomic mass is 10.3. The van der Waals surface area contributed by atoms with E-state index in [0.717, 1.165) is 0 Å². The largest absolute Gasteiger partial charge is 0.349 e. The molecule has 0 aliphatic heterocycles. The molecular weight excluding hydrogens is 217 g/mol. The molecule has 0 saturated carbocycles. The summed E-state index contributed by atoms with van der Waals surface area (Å²) < 4.78 is 13.4. The van der Waals surface area contributed by atoms with Gasteiger partial charge in [0.2, 0.25) is 0 Å². The lowest BCUT2D eigenvalue weighted by Gasteiger charge is -2.15. The fourth-order valence-electron chi connectivity index (χ4n) is 1.08. The van der Waals surface area contributed by atoms with Gasteiger partial charge in [0.15, 0.2) is 0 Å².